The molecule has 1 N–H and O–H groups in total. The van der Waals surface area contributed by atoms with Crippen LogP contribution < -0.4 is 5.06 Å². The van der Waals surface area contributed by atoms with E-state index in [2.05, 4.69) is 0 Å². The van der Waals surface area contributed by atoms with Crippen LogP contribution in [0.25, 0.3) is 0 Å². The molecule has 1 aromatic rings. The summed E-state index contributed by atoms with van der Waals surface area (Å²) >= 11 is 0. The number of aryl methyl sites for hydroxylation is 1. The van der Waals surface area contributed by atoms with Crippen molar-refractivity contribution in [3.63, 3.8) is 0 Å². The molecule has 1 fully saturated rings. The lowest BCUT2D eigenvalue weighted by Gasteiger charge is -2.14. The van der Waals surface area contributed by atoms with E-state index in [1.165, 1.54) is 5.06 Å². The molecule has 0 aromatic heterocycles. The van der Waals surface area contributed by atoms with Gasteiger partial charge in [-0.25, -0.2) is 0 Å². The Labute approximate surface area is 98.6 Å². The highest BCUT2D eigenvalue weighted by Gasteiger charge is 2.23. The van der Waals surface area contributed by atoms with Gasteiger partial charge in [0, 0.05) is 6.42 Å². The summed E-state index contributed by atoms with van der Waals surface area (Å²) in [4.78, 5) is 27.1. The minimum Gasteiger partial charge on any atom is -0.481 e. The van der Waals surface area contributed by atoms with Gasteiger partial charge in [0.05, 0.1) is 18.7 Å². The standard InChI is InChI=1S/C12H13NO4/c14-11-6-7-17-13(11)10-3-1-2-9(8-10)4-5-12(15)16/h1-3,8H,4-7H2,(H,15,16). The Morgan fingerprint density at radius 3 is 2.94 bits per heavy atom. The minimum absolute atomic E-state index is 0.0691. The summed E-state index contributed by atoms with van der Waals surface area (Å²) < 4.78 is 0. The largest absolute Gasteiger partial charge is 0.481 e. The van der Waals surface area contributed by atoms with Crippen LogP contribution in [-0.2, 0) is 20.8 Å². The summed E-state index contributed by atoms with van der Waals surface area (Å²) in [7, 11) is 0. The Kier molecular flexibility index (Phi) is 3.39. The van der Waals surface area contributed by atoms with Crippen LogP contribution in [0.15, 0.2) is 24.3 Å². The molecule has 1 aliphatic rings. The number of anilines is 1. The van der Waals surface area contributed by atoms with E-state index >= 15 is 0 Å². The lowest BCUT2D eigenvalue weighted by atomic mass is 10.1. The van der Waals surface area contributed by atoms with E-state index in [1.54, 1.807) is 18.2 Å². The first kappa shape index (κ1) is 11.6. The average Bonchev–Trinajstić information content (AvgIpc) is 2.73. The van der Waals surface area contributed by atoms with E-state index in [9.17, 15) is 9.59 Å². The molecule has 0 atom stereocenters. The number of hydroxylamine groups is 1. The number of amides is 1. The summed E-state index contributed by atoms with van der Waals surface area (Å²) in [5, 5.41) is 9.88. The predicted molar refractivity (Wildman–Crippen MR) is 60.5 cm³/mol. The van der Waals surface area contributed by atoms with Crippen molar-refractivity contribution in [2.75, 3.05) is 11.7 Å². The van der Waals surface area contributed by atoms with Crippen LogP contribution in [0.3, 0.4) is 0 Å². The first-order valence-electron chi connectivity index (χ1n) is 5.43. The first-order valence-corrected chi connectivity index (χ1v) is 5.43. The molecule has 2 rings (SSSR count). The highest BCUT2D eigenvalue weighted by atomic mass is 16.7. The average molecular weight is 235 g/mol. The van der Waals surface area contributed by atoms with Gasteiger partial charge >= 0.3 is 5.97 Å². The van der Waals surface area contributed by atoms with E-state index in [1.807, 2.05) is 6.07 Å². The fourth-order valence-electron chi connectivity index (χ4n) is 1.71. The number of benzene rings is 1. The Bertz CT molecular complexity index is 444. The van der Waals surface area contributed by atoms with Crippen molar-refractivity contribution in [1.82, 2.24) is 0 Å². The molecule has 0 radical (unpaired) electrons. The van der Waals surface area contributed by atoms with Crippen LogP contribution in [0.2, 0.25) is 0 Å². The number of carboxylic acid groups (broad SMARTS) is 1. The van der Waals surface area contributed by atoms with E-state index in [4.69, 9.17) is 9.94 Å². The molecule has 1 amide bonds. The van der Waals surface area contributed by atoms with Crippen molar-refractivity contribution in [2.24, 2.45) is 0 Å². The molecule has 0 spiro atoms. The summed E-state index contributed by atoms with van der Waals surface area (Å²) in [6.07, 6.45) is 0.919. The highest BCUT2D eigenvalue weighted by molar-refractivity contribution is 5.92. The van der Waals surface area contributed by atoms with Crippen LogP contribution in [0, 0.1) is 0 Å². The summed E-state index contributed by atoms with van der Waals surface area (Å²) in [5.74, 6) is -0.899. The second-order valence-corrected chi connectivity index (χ2v) is 3.83. The summed E-state index contributed by atoms with van der Waals surface area (Å²) in [5.41, 5.74) is 1.54. The number of rotatable bonds is 4. The fraction of sp³-hybridized carbons (Fsp3) is 0.333. The maximum absolute atomic E-state index is 11.5. The zero-order chi connectivity index (χ0) is 12.3. The molecule has 5 nitrogen and oxygen atoms in total. The molecular formula is C12H13NO4. The number of carboxylic acids is 1. The monoisotopic (exact) mass is 235 g/mol. The summed E-state index contributed by atoms with van der Waals surface area (Å²) in [6.45, 7) is 0.401. The van der Waals surface area contributed by atoms with Gasteiger partial charge in [-0.2, -0.15) is 5.06 Å². The van der Waals surface area contributed by atoms with Crippen molar-refractivity contribution < 1.29 is 19.5 Å². The topological polar surface area (TPSA) is 66.8 Å². The molecule has 17 heavy (non-hydrogen) atoms. The Morgan fingerprint density at radius 2 is 2.29 bits per heavy atom. The van der Waals surface area contributed by atoms with E-state index in [0.717, 1.165) is 5.56 Å². The van der Waals surface area contributed by atoms with Crippen LogP contribution in [0.1, 0.15) is 18.4 Å². The zero-order valence-corrected chi connectivity index (χ0v) is 9.26. The van der Waals surface area contributed by atoms with Gasteiger partial charge in [-0.15, -0.1) is 0 Å². The SMILES string of the molecule is O=C(O)CCc1cccc(N2OCCC2=O)c1. The second-order valence-electron chi connectivity index (χ2n) is 3.83. The summed E-state index contributed by atoms with van der Waals surface area (Å²) in [6, 6.07) is 7.19. The van der Waals surface area contributed by atoms with Gasteiger partial charge in [-0.1, -0.05) is 12.1 Å². The van der Waals surface area contributed by atoms with Crippen LogP contribution in [-0.4, -0.2) is 23.6 Å². The van der Waals surface area contributed by atoms with Crippen molar-refractivity contribution in [3.8, 4) is 0 Å². The quantitative estimate of drug-likeness (QED) is 0.855. The normalized spacial score (nSPS) is 15.3. The molecule has 0 unspecified atom stereocenters. The number of carbonyl (C=O) groups is 2. The maximum atomic E-state index is 11.5. The van der Waals surface area contributed by atoms with Gasteiger partial charge in [0.1, 0.15) is 0 Å². The number of carbonyl (C=O) groups excluding carboxylic acids is 1. The third-order valence-corrected chi connectivity index (χ3v) is 2.54. The van der Waals surface area contributed by atoms with Crippen molar-refractivity contribution >= 4 is 17.6 Å². The van der Waals surface area contributed by atoms with E-state index in [0.29, 0.717) is 25.1 Å². The fourth-order valence-corrected chi connectivity index (χ4v) is 1.71. The molecule has 0 bridgehead atoms. The van der Waals surface area contributed by atoms with Crippen molar-refractivity contribution in [1.29, 1.82) is 0 Å². The molecule has 1 heterocycles. The van der Waals surface area contributed by atoms with E-state index in [-0.39, 0.29) is 12.3 Å². The first-order chi connectivity index (χ1) is 8.16. The lowest BCUT2D eigenvalue weighted by Crippen LogP contribution is -2.22. The number of nitrogens with zero attached hydrogens (tertiary/aromatic N) is 1. The molecule has 0 saturated carbocycles. The van der Waals surface area contributed by atoms with Crippen LogP contribution in [0.4, 0.5) is 5.69 Å². The van der Waals surface area contributed by atoms with E-state index < -0.39 is 5.97 Å². The van der Waals surface area contributed by atoms with Crippen molar-refractivity contribution in [2.45, 2.75) is 19.3 Å². The number of aliphatic carboxylic acids is 1. The van der Waals surface area contributed by atoms with Gasteiger partial charge in [-0.05, 0) is 24.1 Å². The lowest BCUT2D eigenvalue weighted by molar-refractivity contribution is -0.137. The van der Waals surface area contributed by atoms with Crippen molar-refractivity contribution in [3.05, 3.63) is 29.8 Å². The molecule has 1 aliphatic heterocycles. The molecule has 90 valence electrons. The Hall–Kier alpha value is -1.88. The van der Waals surface area contributed by atoms with Crippen LogP contribution in [0.5, 0.6) is 0 Å². The minimum atomic E-state index is -0.830. The molecule has 5 heteroatoms. The molecule has 1 aromatic carbocycles. The smallest absolute Gasteiger partial charge is 0.303 e. The third-order valence-electron chi connectivity index (χ3n) is 2.54. The third kappa shape index (κ3) is 2.82. The number of hydrogen-bond acceptors (Lipinski definition) is 3. The van der Waals surface area contributed by atoms with Gasteiger partial charge in [0.2, 0.25) is 0 Å². The number of hydrogen-bond donors (Lipinski definition) is 1. The van der Waals surface area contributed by atoms with Gasteiger partial charge < -0.3 is 5.11 Å². The zero-order valence-electron chi connectivity index (χ0n) is 9.26. The highest BCUT2D eigenvalue weighted by Crippen LogP contribution is 2.21. The Balaban J connectivity index is 2.10. The predicted octanol–water partition coefficient (Wildman–Crippen LogP) is 1.37. The van der Waals surface area contributed by atoms with Gasteiger partial charge in [0.15, 0.2) is 0 Å². The molecular weight excluding hydrogens is 222 g/mol. The van der Waals surface area contributed by atoms with Gasteiger partial charge in [0.25, 0.3) is 5.91 Å². The van der Waals surface area contributed by atoms with Gasteiger partial charge in [-0.3, -0.25) is 14.4 Å². The molecule has 1 saturated heterocycles. The maximum Gasteiger partial charge on any atom is 0.303 e. The van der Waals surface area contributed by atoms with Crippen LogP contribution >= 0.6 is 0 Å². The Morgan fingerprint density at radius 1 is 1.47 bits per heavy atom. The molecule has 0 aliphatic carbocycles. The second kappa shape index (κ2) is 4.97.